The van der Waals surface area contributed by atoms with Crippen molar-refractivity contribution in [3.8, 4) is 6.07 Å². The van der Waals surface area contributed by atoms with E-state index in [2.05, 4.69) is 25.2 Å². The fraction of sp³-hybridized carbons (Fsp3) is 0.724. The fourth-order valence-corrected chi connectivity index (χ4v) is 8.75. The molecule has 0 aromatic heterocycles. The van der Waals surface area contributed by atoms with Gasteiger partial charge in [-0.25, -0.2) is 0 Å². The van der Waals surface area contributed by atoms with Crippen LogP contribution in [0.1, 0.15) is 94.0 Å². The van der Waals surface area contributed by atoms with Crippen LogP contribution in [-0.4, -0.2) is 12.5 Å². The van der Waals surface area contributed by atoms with Crippen LogP contribution in [0.15, 0.2) is 24.3 Å². The van der Waals surface area contributed by atoms with Crippen LogP contribution in [0.25, 0.3) is 0 Å². The van der Waals surface area contributed by atoms with Gasteiger partial charge in [-0.15, -0.1) is 0 Å². The molecule has 32 heavy (non-hydrogen) atoms. The van der Waals surface area contributed by atoms with E-state index in [-0.39, 0.29) is 5.91 Å². The van der Waals surface area contributed by atoms with Gasteiger partial charge in [-0.05, 0) is 122 Å². The predicted octanol–water partition coefficient (Wildman–Crippen LogP) is 6.58. The lowest BCUT2D eigenvalue weighted by Crippen LogP contribution is -2.54. The van der Waals surface area contributed by atoms with Crippen molar-refractivity contribution < 1.29 is 4.79 Å². The molecule has 1 N–H and O–H groups in total. The number of nitriles is 1. The maximum atomic E-state index is 12.8. The summed E-state index contributed by atoms with van der Waals surface area (Å²) in [6, 6.07) is 9.13. The van der Waals surface area contributed by atoms with Crippen molar-refractivity contribution in [3.05, 3.63) is 35.4 Å². The highest BCUT2D eigenvalue weighted by molar-refractivity contribution is 5.94. The van der Waals surface area contributed by atoms with Crippen molar-refractivity contribution in [3.63, 3.8) is 0 Å². The lowest BCUT2D eigenvalue weighted by atomic mass is 9.45. The third-order valence-corrected chi connectivity index (χ3v) is 10.4. The van der Waals surface area contributed by atoms with Gasteiger partial charge >= 0.3 is 0 Å². The maximum absolute atomic E-state index is 12.8. The lowest BCUT2D eigenvalue weighted by molar-refractivity contribution is -0.108. The van der Waals surface area contributed by atoms with Gasteiger partial charge in [-0.1, -0.05) is 26.7 Å². The molecule has 4 saturated carbocycles. The van der Waals surface area contributed by atoms with Gasteiger partial charge in [0, 0.05) is 12.1 Å². The van der Waals surface area contributed by atoms with Gasteiger partial charge in [0.05, 0.1) is 11.6 Å². The van der Waals surface area contributed by atoms with E-state index in [9.17, 15) is 4.79 Å². The van der Waals surface area contributed by atoms with Crippen molar-refractivity contribution in [2.24, 2.45) is 46.8 Å². The molecule has 3 nitrogen and oxygen atoms in total. The minimum Gasteiger partial charge on any atom is -0.352 e. The Morgan fingerprint density at radius 3 is 2.59 bits per heavy atom. The summed E-state index contributed by atoms with van der Waals surface area (Å²) in [4.78, 5) is 12.8. The van der Waals surface area contributed by atoms with Gasteiger partial charge < -0.3 is 5.32 Å². The number of nitrogens with one attached hydrogen (secondary N) is 1. The Hall–Kier alpha value is -1.82. The van der Waals surface area contributed by atoms with Crippen molar-refractivity contribution in [1.29, 1.82) is 5.26 Å². The molecular formula is C29H40N2O. The molecule has 1 aromatic rings. The number of amides is 1. The van der Waals surface area contributed by atoms with Crippen LogP contribution < -0.4 is 5.32 Å². The number of carbonyl (C=O) groups is 1. The normalized spacial score (nSPS) is 40.8. The van der Waals surface area contributed by atoms with E-state index in [0.717, 1.165) is 42.1 Å². The largest absolute Gasteiger partial charge is 0.352 e. The third kappa shape index (κ3) is 3.89. The first-order valence-corrected chi connectivity index (χ1v) is 13.3. The molecule has 4 aliphatic carbocycles. The molecule has 3 unspecified atom stereocenters. The monoisotopic (exact) mass is 432 g/mol. The fourth-order valence-electron chi connectivity index (χ4n) is 8.75. The van der Waals surface area contributed by atoms with Crippen LogP contribution >= 0.6 is 0 Å². The predicted molar refractivity (Wildman–Crippen MR) is 128 cm³/mol. The van der Waals surface area contributed by atoms with Crippen LogP contribution in [0, 0.1) is 58.2 Å². The smallest absolute Gasteiger partial charge is 0.251 e. The number of carbonyl (C=O) groups excluding carboxylic acids is 1. The molecule has 0 spiro atoms. The molecule has 0 heterocycles. The van der Waals surface area contributed by atoms with Crippen LogP contribution in [0.5, 0.6) is 0 Å². The summed E-state index contributed by atoms with van der Waals surface area (Å²) >= 11 is 0. The molecule has 0 radical (unpaired) electrons. The van der Waals surface area contributed by atoms with Gasteiger partial charge in [0.25, 0.3) is 5.91 Å². The van der Waals surface area contributed by atoms with Crippen LogP contribution in [0.2, 0.25) is 0 Å². The Labute approximate surface area is 194 Å². The van der Waals surface area contributed by atoms with E-state index in [1.54, 1.807) is 24.3 Å². The molecule has 1 aromatic carbocycles. The number of fused-ring (bicyclic) bond motifs is 5. The van der Waals surface area contributed by atoms with Gasteiger partial charge in [-0.2, -0.15) is 5.26 Å². The first-order chi connectivity index (χ1) is 15.5. The summed E-state index contributed by atoms with van der Waals surface area (Å²) in [5.41, 5.74) is 1.64. The average Bonchev–Trinajstić information content (AvgIpc) is 2.81. The second-order valence-corrected chi connectivity index (χ2v) is 11.9. The zero-order valence-electron chi connectivity index (χ0n) is 20.0. The van der Waals surface area contributed by atoms with E-state index < -0.39 is 0 Å². The third-order valence-electron chi connectivity index (χ3n) is 10.4. The highest BCUT2D eigenvalue weighted by Crippen LogP contribution is 2.63. The summed E-state index contributed by atoms with van der Waals surface area (Å²) in [6.07, 6.45) is 14.1. The molecule has 3 heteroatoms. The Morgan fingerprint density at radius 1 is 1.03 bits per heavy atom. The molecule has 4 fully saturated rings. The van der Waals surface area contributed by atoms with E-state index in [0.29, 0.717) is 22.5 Å². The van der Waals surface area contributed by atoms with E-state index in [4.69, 9.17) is 5.26 Å². The quantitative estimate of drug-likeness (QED) is 0.586. The SMILES string of the molecule is C[C@H]1CC[C@H]2C(CC[C@@H]3C2CC[C@@]2(C)C3CCC[C@@H]2CNC(=O)c2ccc(C#N)cc2)C1. The summed E-state index contributed by atoms with van der Waals surface area (Å²) in [5, 5.41) is 12.3. The molecule has 172 valence electrons. The molecule has 0 aliphatic heterocycles. The molecule has 8 atom stereocenters. The minimum atomic E-state index is 0.00531. The molecule has 0 bridgehead atoms. The van der Waals surface area contributed by atoms with Gasteiger partial charge in [0.1, 0.15) is 0 Å². The summed E-state index contributed by atoms with van der Waals surface area (Å²) < 4.78 is 0. The van der Waals surface area contributed by atoms with Crippen LogP contribution in [0.4, 0.5) is 0 Å². The lowest BCUT2D eigenvalue weighted by Gasteiger charge is -2.60. The Kier molecular flexibility index (Phi) is 6.08. The maximum Gasteiger partial charge on any atom is 0.251 e. The molecular weight excluding hydrogens is 392 g/mol. The van der Waals surface area contributed by atoms with E-state index in [1.807, 2.05) is 0 Å². The van der Waals surface area contributed by atoms with Crippen molar-refractivity contribution in [2.75, 3.05) is 6.54 Å². The number of benzene rings is 1. The van der Waals surface area contributed by atoms with Crippen molar-refractivity contribution in [1.82, 2.24) is 5.32 Å². The average molecular weight is 433 g/mol. The van der Waals surface area contributed by atoms with Crippen molar-refractivity contribution >= 4 is 5.91 Å². The Morgan fingerprint density at radius 2 is 1.81 bits per heavy atom. The second-order valence-electron chi connectivity index (χ2n) is 11.9. The first-order valence-electron chi connectivity index (χ1n) is 13.3. The number of rotatable bonds is 3. The summed E-state index contributed by atoms with van der Waals surface area (Å²) in [5.74, 6) is 6.32. The van der Waals surface area contributed by atoms with Gasteiger partial charge in [0.2, 0.25) is 0 Å². The van der Waals surface area contributed by atoms with Crippen LogP contribution in [-0.2, 0) is 0 Å². The van der Waals surface area contributed by atoms with Gasteiger partial charge in [0.15, 0.2) is 0 Å². The van der Waals surface area contributed by atoms with Crippen molar-refractivity contribution in [2.45, 2.75) is 78.1 Å². The zero-order chi connectivity index (χ0) is 22.3. The van der Waals surface area contributed by atoms with Crippen LogP contribution in [0.3, 0.4) is 0 Å². The van der Waals surface area contributed by atoms with E-state index in [1.165, 1.54) is 64.2 Å². The molecule has 5 rings (SSSR count). The highest BCUT2D eigenvalue weighted by atomic mass is 16.1. The summed E-state index contributed by atoms with van der Waals surface area (Å²) in [6.45, 7) is 5.84. The Balaban J connectivity index is 1.26. The second kappa shape index (κ2) is 8.85. The topological polar surface area (TPSA) is 52.9 Å². The number of hydrogen-bond donors (Lipinski definition) is 1. The zero-order valence-corrected chi connectivity index (χ0v) is 20.0. The minimum absolute atomic E-state index is 0.00531. The highest BCUT2D eigenvalue weighted by Gasteiger charge is 2.55. The molecule has 0 saturated heterocycles. The number of nitrogens with zero attached hydrogens (tertiary/aromatic N) is 1. The van der Waals surface area contributed by atoms with E-state index >= 15 is 0 Å². The molecule has 1 amide bonds. The first kappa shape index (κ1) is 22.0. The molecule has 4 aliphatic rings. The summed E-state index contributed by atoms with van der Waals surface area (Å²) in [7, 11) is 0. The number of hydrogen-bond acceptors (Lipinski definition) is 2. The van der Waals surface area contributed by atoms with Gasteiger partial charge in [-0.3, -0.25) is 4.79 Å². The standard InChI is InChI=1S/C29H40N2O/c1-19-6-12-24-22(16-19)11-13-26-25(24)14-15-29(2)23(4-3-5-27(26)29)18-31-28(32)21-9-7-20(17-30)8-10-21/h7-10,19,22-27H,3-6,11-16,18H2,1-2H3,(H,31,32)/t19-,22?,23+,24-,25?,26+,27?,29+/m0/s1. The Bertz CT molecular complexity index is 870.